The number of hydrogen-bond donors (Lipinski definition) is 1. The Morgan fingerprint density at radius 1 is 1.10 bits per heavy atom. The van der Waals surface area contributed by atoms with Gasteiger partial charge in [-0.1, -0.05) is 37.6 Å². The molecule has 0 radical (unpaired) electrons. The lowest BCUT2D eigenvalue weighted by atomic mass is 10.0. The molecule has 0 bridgehead atoms. The van der Waals surface area contributed by atoms with Gasteiger partial charge in [-0.05, 0) is 43.3 Å². The number of rotatable bonds is 7. The van der Waals surface area contributed by atoms with Gasteiger partial charge >= 0.3 is 0 Å². The standard InChI is InChI=1S/C18H25NOS/c1-13(2)18(17-6-5-11-21-17)19-15(4)12-20-16-9-7-14(3)8-10-16/h5-11,13,15,18-19H,12H2,1-4H3. The molecule has 0 aliphatic rings. The van der Waals surface area contributed by atoms with E-state index < -0.39 is 0 Å². The molecule has 1 heterocycles. The van der Waals surface area contributed by atoms with Crippen LogP contribution in [-0.2, 0) is 0 Å². The predicted molar refractivity (Wildman–Crippen MR) is 91.2 cm³/mol. The van der Waals surface area contributed by atoms with E-state index in [2.05, 4.69) is 62.7 Å². The van der Waals surface area contributed by atoms with Crippen LogP contribution in [0.15, 0.2) is 41.8 Å². The number of hydrogen-bond acceptors (Lipinski definition) is 3. The third-order valence-corrected chi connectivity index (χ3v) is 4.46. The van der Waals surface area contributed by atoms with Gasteiger partial charge < -0.3 is 10.1 Å². The molecule has 0 spiro atoms. The molecule has 0 saturated heterocycles. The van der Waals surface area contributed by atoms with Crippen LogP contribution in [0.3, 0.4) is 0 Å². The second kappa shape index (κ2) is 7.62. The lowest BCUT2D eigenvalue weighted by molar-refractivity contribution is 0.249. The van der Waals surface area contributed by atoms with Crippen molar-refractivity contribution in [3.8, 4) is 5.75 Å². The summed E-state index contributed by atoms with van der Waals surface area (Å²) < 4.78 is 5.86. The first-order chi connectivity index (χ1) is 10.1. The smallest absolute Gasteiger partial charge is 0.119 e. The minimum absolute atomic E-state index is 0.306. The third-order valence-electron chi connectivity index (χ3n) is 3.50. The average Bonchev–Trinajstić information content (AvgIpc) is 2.97. The Morgan fingerprint density at radius 3 is 2.38 bits per heavy atom. The molecule has 2 atom stereocenters. The second-order valence-corrected chi connectivity index (χ2v) is 6.91. The van der Waals surface area contributed by atoms with Gasteiger partial charge in [-0.3, -0.25) is 0 Å². The Kier molecular flexibility index (Phi) is 5.83. The van der Waals surface area contributed by atoms with Crippen LogP contribution in [0.25, 0.3) is 0 Å². The Morgan fingerprint density at radius 2 is 1.81 bits per heavy atom. The number of ether oxygens (including phenoxy) is 1. The van der Waals surface area contributed by atoms with Crippen molar-refractivity contribution in [1.29, 1.82) is 0 Å². The Hall–Kier alpha value is -1.32. The van der Waals surface area contributed by atoms with Crippen LogP contribution in [0, 0.1) is 12.8 Å². The van der Waals surface area contributed by atoms with Crippen LogP contribution in [0.2, 0.25) is 0 Å². The third kappa shape index (κ3) is 4.87. The number of benzene rings is 1. The summed E-state index contributed by atoms with van der Waals surface area (Å²) >= 11 is 1.81. The van der Waals surface area contributed by atoms with Gasteiger partial charge in [0, 0.05) is 17.0 Å². The van der Waals surface area contributed by atoms with E-state index in [-0.39, 0.29) is 0 Å². The van der Waals surface area contributed by atoms with Gasteiger partial charge in [0.15, 0.2) is 0 Å². The van der Waals surface area contributed by atoms with E-state index in [0.29, 0.717) is 24.6 Å². The zero-order valence-electron chi connectivity index (χ0n) is 13.3. The van der Waals surface area contributed by atoms with Gasteiger partial charge in [0.2, 0.25) is 0 Å². The van der Waals surface area contributed by atoms with Gasteiger partial charge in [-0.15, -0.1) is 11.3 Å². The summed E-state index contributed by atoms with van der Waals surface area (Å²) in [5.41, 5.74) is 1.26. The van der Waals surface area contributed by atoms with Gasteiger partial charge in [-0.25, -0.2) is 0 Å². The van der Waals surface area contributed by atoms with E-state index in [4.69, 9.17) is 4.74 Å². The molecule has 0 aliphatic carbocycles. The van der Waals surface area contributed by atoms with E-state index in [1.165, 1.54) is 10.4 Å². The van der Waals surface area contributed by atoms with E-state index >= 15 is 0 Å². The summed E-state index contributed by atoms with van der Waals surface area (Å²) in [7, 11) is 0. The highest BCUT2D eigenvalue weighted by molar-refractivity contribution is 7.10. The van der Waals surface area contributed by atoms with Gasteiger partial charge in [0.25, 0.3) is 0 Å². The average molecular weight is 303 g/mol. The number of aryl methyl sites for hydroxylation is 1. The van der Waals surface area contributed by atoms with Crippen molar-refractivity contribution in [3.63, 3.8) is 0 Å². The molecular weight excluding hydrogens is 278 g/mol. The largest absolute Gasteiger partial charge is 0.492 e. The van der Waals surface area contributed by atoms with Crippen LogP contribution in [-0.4, -0.2) is 12.6 Å². The molecule has 1 aromatic carbocycles. The molecule has 2 rings (SSSR count). The molecule has 21 heavy (non-hydrogen) atoms. The van der Waals surface area contributed by atoms with Crippen LogP contribution >= 0.6 is 11.3 Å². The highest BCUT2D eigenvalue weighted by atomic mass is 32.1. The molecule has 3 heteroatoms. The van der Waals surface area contributed by atoms with E-state index in [9.17, 15) is 0 Å². The molecule has 2 nitrogen and oxygen atoms in total. The maximum atomic E-state index is 5.86. The maximum absolute atomic E-state index is 5.86. The fourth-order valence-corrected chi connectivity index (χ4v) is 3.24. The van der Waals surface area contributed by atoms with Crippen LogP contribution in [0.1, 0.15) is 37.3 Å². The minimum atomic E-state index is 0.306. The van der Waals surface area contributed by atoms with Gasteiger partial charge in [0.05, 0.1) is 0 Å². The Bertz CT molecular complexity index is 519. The van der Waals surface area contributed by atoms with Crippen molar-refractivity contribution in [3.05, 3.63) is 52.2 Å². The van der Waals surface area contributed by atoms with Crippen molar-refractivity contribution in [1.82, 2.24) is 5.32 Å². The molecule has 0 aliphatic heterocycles. The van der Waals surface area contributed by atoms with Crippen molar-refractivity contribution >= 4 is 11.3 Å². The van der Waals surface area contributed by atoms with Crippen molar-refractivity contribution in [2.75, 3.05) is 6.61 Å². The van der Waals surface area contributed by atoms with E-state index in [1.54, 1.807) is 0 Å². The Labute approximate surface area is 132 Å². The van der Waals surface area contributed by atoms with Crippen molar-refractivity contribution < 1.29 is 4.74 Å². The van der Waals surface area contributed by atoms with E-state index in [0.717, 1.165) is 5.75 Å². The zero-order valence-corrected chi connectivity index (χ0v) is 14.1. The normalized spacial score (nSPS) is 14.1. The van der Waals surface area contributed by atoms with Crippen molar-refractivity contribution in [2.45, 2.75) is 39.8 Å². The summed E-state index contributed by atoms with van der Waals surface area (Å²) in [5, 5.41) is 5.82. The van der Waals surface area contributed by atoms with Gasteiger partial charge in [-0.2, -0.15) is 0 Å². The lowest BCUT2D eigenvalue weighted by Gasteiger charge is -2.25. The van der Waals surface area contributed by atoms with Crippen LogP contribution in [0.5, 0.6) is 5.75 Å². The quantitative estimate of drug-likeness (QED) is 0.792. The highest BCUT2D eigenvalue weighted by Crippen LogP contribution is 2.26. The van der Waals surface area contributed by atoms with Crippen LogP contribution < -0.4 is 10.1 Å². The summed E-state index contributed by atoms with van der Waals surface area (Å²) in [4.78, 5) is 1.40. The lowest BCUT2D eigenvalue weighted by Crippen LogP contribution is -2.37. The van der Waals surface area contributed by atoms with E-state index in [1.807, 2.05) is 23.5 Å². The fourth-order valence-electron chi connectivity index (χ4n) is 2.28. The molecule has 1 N–H and O–H groups in total. The summed E-state index contributed by atoms with van der Waals surface area (Å²) in [6.45, 7) is 9.45. The second-order valence-electron chi connectivity index (χ2n) is 5.93. The molecule has 0 fully saturated rings. The zero-order chi connectivity index (χ0) is 15.2. The summed E-state index contributed by atoms with van der Waals surface area (Å²) in [6.07, 6.45) is 0. The van der Waals surface area contributed by atoms with Gasteiger partial charge in [0.1, 0.15) is 12.4 Å². The molecule has 0 amide bonds. The topological polar surface area (TPSA) is 21.3 Å². The first-order valence-electron chi connectivity index (χ1n) is 7.55. The number of thiophene rings is 1. The SMILES string of the molecule is Cc1ccc(OCC(C)NC(c2cccs2)C(C)C)cc1. The number of nitrogens with one attached hydrogen (secondary N) is 1. The van der Waals surface area contributed by atoms with Crippen LogP contribution in [0.4, 0.5) is 0 Å². The summed E-state index contributed by atoms with van der Waals surface area (Å²) in [5.74, 6) is 1.50. The molecule has 1 aromatic heterocycles. The Balaban J connectivity index is 1.87. The first-order valence-corrected chi connectivity index (χ1v) is 8.43. The maximum Gasteiger partial charge on any atom is 0.119 e. The summed E-state index contributed by atoms with van der Waals surface area (Å²) in [6, 6.07) is 13.2. The van der Waals surface area contributed by atoms with Crippen molar-refractivity contribution in [2.24, 2.45) is 5.92 Å². The monoisotopic (exact) mass is 303 g/mol. The molecular formula is C18H25NOS. The molecule has 114 valence electrons. The predicted octanol–water partition coefficient (Wildman–Crippen LogP) is 4.81. The minimum Gasteiger partial charge on any atom is -0.492 e. The molecule has 2 aromatic rings. The molecule has 2 unspecified atom stereocenters. The fraction of sp³-hybridized carbons (Fsp3) is 0.444. The molecule has 0 saturated carbocycles. The first kappa shape index (κ1) is 16.1. The highest BCUT2D eigenvalue weighted by Gasteiger charge is 2.19.